The van der Waals surface area contributed by atoms with E-state index in [1.807, 2.05) is 6.07 Å². The van der Waals surface area contributed by atoms with Gasteiger partial charge in [-0.3, -0.25) is 0 Å². The fraction of sp³-hybridized carbons (Fsp3) is 0.167. The predicted octanol–water partition coefficient (Wildman–Crippen LogP) is 2.22. The van der Waals surface area contributed by atoms with Crippen LogP contribution in [0.5, 0.6) is 5.88 Å². The van der Waals surface area contributed by atoms with Gasteiger partial charge in [0.25, 0.3) is 0 Å². The van der Waals surface area contributed by atoms with E-state index in [2.05, 4.69) is 20.9 Å². The molecule has 0 saturated carbocycles. The first-order valence-electron chi connectivity index (χ1n) is 2.75. The summed E-state index contributed by atoms with van der Waals surface area (Å²) >= 11 is 8.47. The molecule has 0 saturated heterocycles. The molecule has 0 atom stereocenters. The van der Waals surface area contributed by atoms with Crippen molar-refractivity contribution in [3.05, 3.63) is 16.2 Å². The van der Waals surface area contributed by atoms with Gasteiger partial charge in [-0.25, -0.2) is 0 Å². The lowest BCUT2D eigenvalue weighted by atomic mass is 10.5. The number of hydrogen-bond donors (Lipinski definition) is 1. The van der Waals surface area contributed by atoms with Crippen LogP contribution in [0.1, 0.15) is 5.69 Å². The van der Waals surface area contributed by atoms with Gasteiger partial charge < -0.3 is 9.72 Å². The van der Waals surface area contributed by atoms with Crippen LogP contribution < -0.4 is 4.74 Å². The number of aromatic nitrogens is 1. The van der Waals surface area contributed by atoms with Crippen LogP contribution in [0.15, 0.2) is 10.5 Å². The summed E-state index contributed by atoms with van der Waals surface area (Å²) in [4.78, 5) is 2.72. The molecule has 0 bridgehead atoms. The number of H-pyrrole nitrogens is 1. The first-order chi connectivity index (χ1) is 5.27. The SMILES string of the molecule is N#Cc1[nH]c(OCCl)cc1Br. The second-order valence-electron chi connectivity index (χ2n) is 1.72. The Balaban J connectivity index is 2.89. The van der Waals surface area contributed by atoms with Crippen LogP contribution in [0.2, 0.25) is 0 Å². The average molecular weight is 235 g/mol. The van der Waals surface area contributed by atoms with Gasteiger partial charge in [-0.05, 0) is 15.9 Å². The molecule has 1 heterocycles. The van der Waals surface area contributed by atoms with E-state index in [4.69, 9.17) is 21.6 Å². The zero-order valence-corrected chi connectivity index (χ0v) is 7.74. The molecule has 0 aliphatic carbocycles. The molecule has 0 spiro atoms. The third-order valence-corrected chi connectivity index (χ3v) is 1.80. The topological polar surface area (TPSA) is 48.8 Å². The molecule has 5 heteroatoms. The number of aromatic amines is 1. The molecule has 0 amide bonds. The van der Waals surface area contributed by atoms with Gasteiger partial charge in [-0.15, -0.1) is 0 Å². The van der Waals surface area contributed by atoms with Crippen molar-refractivity contribution < 1.29 is 4.74 Å². The number of hydrogen-bond acceptors (Lipinski definition) is 2. The van der Waals surface area contributed by atoms with Crippen molar-refractivity contribution in [3.63, 3.8) is 0 Å². The Morgan fingerprint density at radius 1 is 1.82 bits per heavy atom. The van der Waals surface area contributed by atoms with E-state index in [1.165, 1.54) is 0 Å². The highest BCUT2D eigenvalue weighted by atomic mass is 79.9. The molecule has 0 aromatic carbocycles. The van der Waals surface area contributed by atoms with Gasteiger partial charge in [0.15, 0.2) is 11.9 Å². The van der Waals surface area contributed by atoms with Crippen LogP contribution in [-0.4, -0.2) is 11.1 Å². The van der Waals surface area contributed by atoms with E-state index in [0.29, 0.717) is 16.0 Å². The van der Waals surface area contributed by atoms with Gasteiger partial charge in [0.1, 0.15) is 11.8 Å². The molecule has 1 N–H and O–H groups in total. The molecule has 1 aromatic rings. The maximum Gasteiger partial charge on any atom is 0.194 e. The summed E-state index contributed by atoms with van der Waals surface area (Å²) in [5.74, 6) is 0.489. The number of halogens is 2. The zero-order valence-electron chi connectivity index (χ0n) is 5.40. The molecule has 0 fully saturated rings. The lowest BCUT2D eigenvalue weighted by Crippen LogP contribution is -1.88. The molecular formula is C6H4BrClN2O. The molecule has 1 aromatic heterocycles. The van der Waals surface area contributed by atoms with Crippen LogP contribution in [-0.2, 0) is 0 Å². The normalized spacial score (nSPS) is 9.18. The van der Waals surface area contributed by atoms with Crippen molar-refractivity contribution in [2.24, 2.45) is 0 Å². The Bertz CT molecular complexity index is 291. The van der Waals surface area contributed by atoms with Gasteiger partial charge in [-0.2, -0.15) is 5.26 Å². The minimum atomic E-state index is 0.0673. The summed E-state index contributed by atoms with van der Waals surface area (Å²) in [5, 5.41) is 8.50. The highest BCUT2D eigenvalue weighted by Gasteiger charge is 2.04. The number of nitrogens with one attached hydrogen (secondary N) is 1. The molecule has 11 heavy (non-hydrogen) atoms. The standard InChI is InChI=1S/C6H4BrClN2O/c7-4-1-6(11-3-8)10-5(4)2-9/h1,10H,3H2. The van der Waals surface area contributed by atoms with Crippen LogP contribution >= 0.6 is 27.5 Å². The van der Waals surface area contributed by atoms with E-state index >= 15 is 0 Å². The number of rotatable bonds is 2. The van der Waals surface area contributed by atoms with Gasteiger partial charge in [0.2, 0.25) is 0 Å². The number of nitrogens with zero attached hydrogens (tertiary/aromatic N) is 1. The van der Waals surface area contributed by atoms with Crippen LogP contribution in [0, 0.1) is 11.3 Å². The van der Waals surface area contributed by atoms with E-state index in [9.17, 15) is 0 Å². The van der Waals surface area contributed by atoms with Crippen molar-refractivity contribution in [2.45, 2.75) is 0 Å². The first-order valence-corrected chi connectivity index (χ1v) is 4.08. The van der Waals surface area contributed by atoms with E-state index in [1.54, 1.807) is 6.07 Å². The Labute approximate surface area is 77.0 Å². The Hall–Kier alpha value is -0.660. The molecule has 0 aliphatic heterocycles. The predicted molar refractivity (Wildman–Crippen MR) is 44.6 cm³/mol. The minimum Gasteiger partial charge on any atom is -0.463 e. The highest BCUT2D eigenvalue weighted by molar-refractivity contribution is 9.10. The molecule has 3 nitrogen and oxygen atoms in total. The smallest absolute Gasteiger partial charge is 0.194 e. The molecule has 0 radical (unpaired) electrons. The average Bonchev–Trinajstić information content (AvgIpc) is 2.32. The van der Waals surface area contributed by atoms with Gasteiger partial charge in [-0.1, -0.05) is 11.6 Å². The van der Waals surface area contributed by atoms with Gasteiger partial charge in [0.05, 0.1) is 4.47 Å². The van der Waals surface area contributed by atoms with Crippen molar-refractivity contribution in [1.29, 1.82) is 5.26 Å². The number of nitriles is 1. The number of ether oxygens (including phenoxy) is 1. The van der Waals surface area contributed by atoms with Crippen LogP contribution in [0.3, 0.4) is 0 Å². The monoisotopic (exact) mass is 234 g/mol. The Kier molecular flexibility index (Phi) is 2.80. The third-order valence-electron chi connectivity index (χ3n) is 1.07. The van der Waals surface area contributed by atoms with Gasteiger partial charge in [0, 0.05) is 6.07 Å². The Morgan fingerprint density at radius 2 is 2.55 bits per heavy atom. The first kappa shape index (κ1) is 8.44. The summed E-state index contributed by atoms with van der Waals surface area (Å²) < 4.78 is 5.58. The summed E-state index contributed by atoms with van der Waals surface area (Å²) in [6.07, 6.45) is 0. The lowest BCUT2D eigenvalue weighted by Gasteiger charge is -1.93. The maximum absolute atomic E-state index is 8.50. The van der Waals surface area contributed by atoms with Crippen molar-refractivity contribution in [3.8, 4) is 11.9 Å². The maximum atomic E-state index is 8.50. The molecular weight excluding hydrogens is 231 g/mol. The fourth-order valence-corrected chi connectivity index (χ4v) is 1.14. The zero-order chi connectivity index (χ0) is 8.27. The van der Waals surface area contributed by atoms with Crippen LogP contribution in [0.25, 0.3) is 0 Å². The van der Waals surface area contributed by atoms with Crippen LogP contribution in [0.4, 0.5) is 0 Å². The number of alkyl halides is 1. The largest absolute Gasteiger partial charge is 0.463 e. The quantitative estimate of drug-likeness (QED) is 0.799. The van der Waals surface area contributed by atoms with E-state index < -0.39 is 0 Å². The van der Waals surface area contributed by atoms with Crippen molar-refractivity contribution >= 4 is 27.5 Å². The second-order valence-corrected chi connectivity index (χ2v) is 2.79. The van der Waals surface area contributed by atoms with E-state index in [-0.39, 0.29) is 6.07 Å². The Morgan fingerprint density at radius 3 is 3.00 bits per heavy atom. The summed E-state index contributed by atoms with van der Waals surface area (Å²) in [6, 6.07) is 3.67. The fourth-order valence-electron chi connectivity index (χ4n) is 0.624. The van der Waals surface area contributed by atoms with E-state index in [0.717, 1.165) is 0 Å². The lowest BCUT2D eigenvalue weighted by molar-refractivity contribution is 0.374. The summed E-state index contributed by atoms with van der Waals surface area (Å²) in [7, 11) is 0. The summed E-state index contributed by atoms with van der Waals surface area (Å²) in [5.41, 5.74) is 0.435. The minimum absolute atomic E-state index is 0.0673. The third kappa shape index (κ3) is 1.88. The molecule has 58 valence electrons. The summed E-state index contributed by atoms with van der Waals surface area (Å²) in [6.45, 7) is 0. The highest BCUT2D eigenvalue weighted by Crippen LogP contribution is 2.21. The van der Waals surface area contributed by atoms with Crippen molar-refractivity contribution in [1.82, 2.24) is 4.98 Å². The second kappa shape index (κ2) is 3.65. The molecule has 0 unspecified atom stereocenters. The molecule has 1 rings (SSSR count). The molecule has 0 aliphatic rings. The van der Waals surface area contributed by atoms with Crippen molar-refractivity contribution in [2.75, 3.05) is 6.07 Å². The van der Waals surface area contributed by atoms with Gasteiger partial charge >= 0.3 is 0 Å².